The lowest BCUT2D eigenvalue weighted by atomic mass is 9.98. The van der Waals surface area contributed by atoms with Gasteiger partial charge in [-0.2, -0.15) is 0 Å². The summed E-state index contributed by atoms with van der Waals surface area (Å²) in [5, 5.41) is 1.09. The third-order valence-corrected chi connectivity index (χ3v) is 6.17. The molecule has 3 aromatic rings. The molecule has 1 aliphatic carbocycles. The zero-order valence-corrected chi connectivity index (χ0v) is 16.8. The number of nitrogens with one attached hydrogen (secondary N) is 1. The van der Waals surface area contributed by atoms with E-state index in [9.17, 15) is 4.79 Å². The van der Waals surface area contributed by atoms with Gasteiger partial charge < -0.3 is 13.9 Å². The highest BCUT2D eigenvalue weighted by Gasteiger charge is 2.27. The molecule has 1 aliphatic heterocycles. The molecule has 5 heteroatoms. The molecule has 5 nitrogen and oxygen atoms in total. The van der Waals surface area contributed by atoms with Crippen molar-refractivity contribution in [2.45, 2.75) is 45.2 Å². The number of fused-ring (bicyclic) bond motifs is 5. The minimum absolute atomic E-state index is 0.162. The number of hydrogen-bond acceptors (Lipinski definition) is 4. The molecule has 1 N–H and O–H groups in total. The van der Waals surface area contributed by atoms with Gasteiger partial charge >= 0.3 is 5.63 Å². The summed E-state index contributed by atoms with van der Waals surface area (Å²) in [5.41, 5.74) is 4.88. The molecule has 2 aliphatic rings. The molecule has 0 saturated heterocycles. The van der Waals surface area contributed by atoms with Gasteiger partial charge in [0.25, 0.3) is 0 Å². The van der Waals surface area contributed by atoms with Gasteiger partial charge in [-0.05, 0) is 67.6 Å². The zero-order chi connectivity index (χ0) is 19.8. The van der Waals surface area contributed by atoms with Gasteiger partial charge in [0.15, 0.2) is 5.58 Å². The van der Waals surface area contributed by atoms with Crippen LogP contribution in [-0.2, 0) is 25.9 Å². The SMILES string of the molecule is COc1ccc(C[NH+]2COc3ccc4c5c(c(=O)oc4c3C2)CCCCC5)cc1. The Bertz CT molecular complexity index is 1100. The summed E-state index contributed by atoms with van der Waals surface area (Å²) in [7, 11) is 1.68. The maximum absolute atomic E-state index is 12.7. The van der Waals surface area contributed by atoms with E-state index in [4.69, 9.17) is 13.9 Å². The fraction of sp³-hybridized carbons (Fsp3) is 0.375. The van der Waals surface area contributed by atoms with Crippen LogP contribution in [0.2, 0.25) is 0 Å². The van der Waals surface area contributed by atoms with E-state index < -0.39 is 0 Å². The second-order valence-electron chi connectivity index (χ2n) is 8.07. The van der Waals surface area contributed by atoms with E-state index in [1.165, 1.54) is 22.4 Å². The topological polar surface area (TPSA) is 53.1 Å². The molecule has 29 heavy (non-hydrogen) atoms. The van der Waals surface area contributed by atoms with Gasteiger partial charge in [0.1, 0.15) is 24.6 Å². The molecule has 2 heterocycles. The number of benzene rings is 2. The summed E-state index contributed by atoms with van der Waals surface area (Å²) in [6.45, 7) is 2.22. The van der Waals surface area contributed by atoms with Crippen LogP contribution >= 0.6 is 0 Å². The zero-order valence-electron chi connectivity index (χ0n) is 16.8. The third-order valence-electron chi connectivity index (χ3n) is 6.17. The molecule has 0 bridgehead atoms. The number of aryl methyl sites for hydroxylation is 1. The summed E-state index contributed by atoms with van der Waals surface area (Å²) in [5.74, 6) is 1.70. The first-order chi connectivity index (χ1) is 14.2. The van der Waals surface area contributed by atoms with Gasteiger partial charge in [-0.15, -0.1) is 0 Å². The monoisotopic (exact) mass is 392 g/mol. The first-order valence-corrected chi connectivity index (χ1v) is 10.4. The van der Waals surface area contributed by atoms with E-state index in [-0.39, 0.29) is 5.63 Å². The van der Waals surface area contributed by atoms with Gasteiger partial charge in [-0.3, -0.25) is 4.90 Å². The molecule has 0 spiro atoms. The molecule has 0 fully saturated rings. The van der Waals surface area contributed by atoms with Crippen molar-refractivity contribution in [1.29, 1.82) is 0 Å². The fourth-order valence-electron chi connectivity index (χ4n) is 4.65. The van der Waals surface area contributed by atoms with Crippen molar-refractivity contribution in [3.05, 3.63) is 69.1 Å². The Labute approximate surface area is 169 Å². The summed E-state index contributed by atoms with van der Waals surface area (Å²) in [6.07, 6.45) is 5.16. The van der Waals surface area contributed by atoms with Crippen molar-refractivity contribution < 1.29 is 18.8 Å². The quantitative estimate of drug-likeness (QED) is 0.550. The van der Waals surface area contributed by atoms with E-state index in [0.29, 0.717) is 6.73 Å². The molecule has 0 saturated carbocycles. The molecule has 1 aromatic heterocycles. The average molecular weight is 392 g/mol. The van der Waals surface area contributed by atoms with Crippen LogP contribution in [-0.4, -0.2) is 13.8 Å². The van der Waals surface area contributed by atoms with Crippen LogP contribution in [0, 0.1) is 0 Å². The lowest BCUT2D eigenvalue weighted by Gasteiger charge is -2.27. The van der Waals surface area contributed by atoms with Crippen molar-refractivity contribution >= 4 is 11.0 Å². The van der Waals surface area contributed by atoms with Crippen LogP contribution in [0.4, 0.5) is 0 Å². The molecule has 5 rings (SSSR count). The normalized spacial score (nSPS) is 18.4. The van der Waals surface area contributed by atoms with Gasteiger partial charge in [0.05, 0.1) is 12.7 Å². The first-order valence-electron chi connectivity index (χ1n) is 10.4. The molecular weight excluding hydrogens is 366 g/mol. The lowest BCUT2D eigenvalue weighted by molar-refractivity contribution is -0.945. The highest BCUT2D eigenvalue weighted by atomic mass is 16.5. The number of rotatable bonds is 3. The summed E-state index contributed by atoms with van der Waals surface area (Å²) < 4.78 is 17.2. The Hall–Kier alpha value is -2.79. The second-order valence-corrected chi connectivity index (χ2v) is 8.07. The van der Waals surface area contributed by atoms with Crippen molar-refractivity contribution in [2.24, 2.45) is 0 Å². The van der Waals surface area contributed by atoms with Gasteiger partial charge in [-0.25, -0.2) is 4.79 Å². The summed E-state index contributed by atoms with van der Waals surface area (Å²) >= 11 is 0. The molecular formula is C24H26NO4+. The number of methoxy groups -OCH3 is 1. The van der Waals surface area contributed by atoms with Crippen LogP contribution < -0.4 is 20.0 Å². The van der Waals surface area contributed by atoms with Gasteiger partial charge in [0, 0.05) is 16.5 Å². The van der Waals surface area contributed by atoms with E-state index in [0.717, 1.165) is 72.4 Å². The Kier molecular flexibility index (Phi) is 4.76. The van der Waals surface area contributed by atoms with E-state index in [1.807, 2.05) is 18.2 Å². The minimum atomic E-state index is -0.162. The van der Waals surface area contributed by atoms with Gasteiger partial charge in [-0.1, -0.05) is 6.42 Å². The molecule has 2 aromatic carbocycles. The largest absolute Gasteiger partial charge is 0.497 e. The summed E-state index contributed by atoms with van der Waals surface area (Å²) in [6, 6.07) is 12.3. The molecule has 1 atom stereocenters. The smallest absolute Gasteiger partial charge is 0.339 e. The molecule has 1 unspecified atom stereocenters. The fourth-order valence-corrected chi connectivity index (χ4v) is 4.65. The predicted octanol–water partition coefficient (Wildman–Crippen LogP) is 3.01. The van der Waals surface area contributed by atoms with Crippen LogP contribution in [0.5, 0.6) is 11.5 Å². The maximum atomic E-state index is 12.7. The van der Waals surface area contributed by atoms with Crippen LogP contribution in [0.25, 0.3) is 11.0 Å². The molecule has 0 amide bonds. The maximum Gasteiger partial charge on any atom is 0.339 e. The third kappa shape index (κ3) is 3.40. The Morgan fingerprint density at radius 3 is 2.55 bits per heavy atom. The van der Waals surface area contributed by atoms with Crippen molar-refractivity contribution in [1.82, 2.24) is 0 Å². The minimum Gasteiger partial charge on any atom is -0.497 e. The van der Waals surface area contributed by atoms with Crippen molar-refractivity contribution in [3.63, 3.8) is 0 Å². The van der Waals surface area contributed by atoms with Gasteiger partial charge in [0.2, 0.25) is 6.73 Å². The van der Waals surface area contributed by atoms with Crippen LogP contribution in [0.15, 0.2) is 45.6 Å². The number of hydrogen-bond donors (Lipinski definition) is 1. The highest BCUT2D eigenvalue weighted by molar-refractivity contribution is 5.86. The predicted molar refractivity (Wildman–Crippen MR) is 111 cm³/mol. The standard InChI is InChI=1S/C24H25NO4/c1-27-17-9-7-16(8-10-17)13-25-14-21-22(28-15-25)12-11-19-18-5-3-2-4-6-20(18)24(26)29-23(19)21/h7-12H,2-6,13-15H2,1H3/p+1. The Morgan fingerprint density at radius 2 is 1.76 bits per heavy atom. The van der Waals surface area contributed by atoms with Crippen molar-refractivity contribution in [2.75, 3.05) is 13.8 Å². The Balaban J connectivity index is 1.50. The lowest BCUT2D eigenvalue weighted by Crippen LogP contribution is -3.10. The molecule has 150 valence electrons. The van der Waals surface area contributed by atoms with Crippen LogP contribution in [0.3, 0.4) is 0 Å². The highest BCUT2D eigenvalue weighted by Crippen LogP contribution is 2.33. The molecule has 0 radical (unpaired) electrons. The van der Waals surface area contributed by atoms with E-state index in [2.05, 4.69) is 18.2 Å². The Morgan fingerprint density at radius 1 is 0.966 bits per heavy atom. The first kappa shape index (κ1) is 18.3. The van der Waals surface area contributed by atoms with E-state index >= 15 is 0 Å². The second kappa shape index (κ2) is 7.56. The number of ether oxygens (including phenoxy) is 2. The summed E-state index contributed by atoms with van der Waals surface area (Å²) in [4.78, 5) is 14.0. The average Bonchev–Trinajstić information content (AvgIpc) is 3.01. The number of quaternary nitrogens is 1. The van der Waals surface area contributed by atoms with E-state index in [1.54, 1.807) is 7.11 Å². The van der Waals surface area contributed by atoms with Crippen LogP contribution in [0.1, 0.15) is 41.5 Å². The van der Waals surface area contributed by atoms with Crippen molar-refractivity contribution in [3.8, 4) is 11.5 Å².